The molecule has 0 bridgehead atoms. The summed E-state index contributed by atoms with van der Waals surface area (Å²) < 4.78 is 6.22. The van der Waals surface area contributed by atoms with Crippen molar-refractivity contribution in [3.8, 4) is 5.88 Å². The fourth-order valence-corrected chi connectivity index (χ4v) is 3.31. The Kier molecular flexibility index (Phi) is 6.23. The van der Waals surface area contributed by atoms with Gasteiger partial charge in [0.05, 0.1) is 5.52 Å². The minimum absolute atomic E-state index is 0.0607. The molecule has 2 heterocycles. The van der Waals surface area contributed by atoms with Gasteiger partial charge >= 0.3 is 0 Å². The first-order valence-electron chi connectivity index (χ1n) is 9.27. The van der Waals surface area contributed by atoms with Gasteiger partial charge in [-0.25, -0.2) is 4.98 Å². The first kappa shape index (κ1) is 18.4. The molecule has 5 heteroatoms. The predicted octanol–water partition coefficient (Wildman–Crippen LogP) is 3.11. The molecular formula is C21H27N3O2. The number of rotatable bonds is 7. The zero-order chi connectivity index (χ0) is 18.4. The van der Waals surface area contributed by atoms with Gasteiger partial charge in [0.25, 0.3) is 0 Å². The first-order chi connectivity index (χ1) is 12.7. The number of para-hydroxylation sites is 1. The van der Waals surface area contributed by atoms with E-state index in [-0.39, 0.29) is 12.0 Å². The third-order valence-electron chi connectivity index (χ3n) is 4.83. The molecule has 0 saturated carbocycles. The van der Waals surface area contributed by atoms with Crippen LogP contribution in [0.25, 0.3) is 10.9 Å². The van der Waals surface area contributed by atoms with Gasteiger partial charge in [-0.05, 0) is 25.0 Å². The molecule has 0 aliphatic carbocycles. The Morgan fingerprint density at radius 1 is 1.23 bits per heavy atom. The molecule has 0 N–H and O–H groups in total. The second-order valence-corrected chi connectivity index (χ2v) is 6.75. The van der Waals surface area contributed by atoms with Crippen LogP contribution in [0.1, 0.15) is 19.8 Å². The highest BCUT2D eigenvalue weighted by atomic mass is 16.5. The zero-order valence-electron chi connectivity index (χ0n) is 15.4. The van der Waals surface area contributed by atoms with Crippen molar-refractivity contribution < 1.29 is 9.53 Å². The maximum Gasteiger partial charge on any atom is 0.219 e. The van der Waals surface area contributed by atoms with Crippen LogP contribution < -0.4 is 4.74 Å². The Morgan fingerprint density at radius 3 is 2.73 bits per heavy atom. The smallest absolute Gasteiger partial charge is 0.219 e. The lowest BCUT2D eigenvalue weighted by atomic mass is 10.1. The Balaban J connectivity index is 1.63. The van der Waals surface area contributed by atoms with Crippen LogP contribution in [-0.4, -0.2) is 59.5 Å². The number of carbonyl (C=O) groups excluding carboxylic acids is 1. The summed E-state index contributed by atoms with van der Waals surface area (Å²) in [5.74, 6) is 0.824. The summed E-state index contributed by atoms with van der Waals surface area (Å²) >= 11 is 0. The van der Waals surface area contributed by atoms with Crippen molar-refractivity contribution in [3.63, 3.8) is 0 Å². The van der Waals surface area contributed by atoms with Gasteiger partial charge in [0.2, 0.25) is 11.8 Å². The second kappa shape index (κ2) is 8.81. The maximum absolute atomic E-state index is 11.5. The van der Waals surface area contributed by atoms with Crippen LogP contribution in [0.3, 0.4) is 0 Å². The summed E-state index contributed by atoms with van der Waals surface area (Å²) in [7, 11) is 0. The molecule has 1 saturated heterocycles. The van der Waals surface area contributed by atoms with E-state index in [0.717, 1.165) is 56.5 Å². The number of aromatic nitrogens is 1. The van der Waals surface area contributed by atoms with E-state index >= 15 is 0 Å². The van der Waals surface area contributed by atoms with Crippen molar-refractivity contribution >= 4 is 16.8 Å². The number of carbonyl (C=O) groups is 1. The number of hydrogen-bond donors (Lipinski definition) is 0. The van der Waals surface area contributed by atoms with Gasteiger partial charge in [0.1, 0.15) is 6.10 Å². The van der Waals surface area contributed by atoms with Crippen LogP contribution in [0.2, 0.25) is 0 Å². The Labute approximate surface area is 155 Å². The number of hydrogen-bond acceptors (Lipinski definition) is 4. The third kappa shape index (κ3) is 4.82. The monoisotopic (exact) mass is 353 g/mol. The summed E-state index contributed by atoms with van der Waals surface area (Å²) in [5.41, 5.74) is 0.947. The average Bonchev–Trinajstić information content (AvgIpc) is 2.66. The first-order valence-corrected chi connectivity index (χ1v) is 9.27. The number of piperazine rings is 1. The number of ether oxygens (including phenoxy) is 1. The molecule has 0 radical (unpaired) electrons. The Bertz CT molecular complexity index is 754. The van der Waals surface area contributed by atoms with E-state index in [1.165, 1.54) is 0 Å². The number of allylic oxidation sites excluding steroid dienone is 1. The molecule has 26 heavy (non-hydrogen) atoms. The molecule has 1 aliphatic rings. The molecule has 3 rings (SSSR count). The molecule has 0 spiro atoms. The Hall–Kier alpha value is -2.40. The number of benzene rings is 1. The molecule has 2 aromatic rings. The molecular weight excluding hydrogens is 326 g/mol. The second-order valence-electron chi connectivity index (χ2n) is 6.75. The summed E-state index contributed by atoms with van der Waals surface area (Å²) in [5, 5.41) is 1.11. The van der Waals surface area contributed by atoms with Crippen molar-refractivity contribution in [1.29, 1.82) is 0 Å². The Morgan fingerprint density at radius 2 is 2.00 bits per heavy atom. The minimum atomic E-state index is 0.0607. The molecule has 0 unspecified atom stereocenters. The highest BCUT2D eigenvalue weighted by Gasteiger charge is 2.22. The van der Waals surface area contributed by atoms with E-state index in [1.54, 1.807) is 6.92 Å². The van der Waals surface area contributed by atoms with Crippen molar-refractivity contribution in [2.45, 2.75) is 25.9 Å². The zero-order valence-corrected chi connectivity index (χ0v) is 15.4. The summed E-state index contributed by atoms with van der Waals surface area (Å²) in [6.45, 7) is 9.66. The van der Waals surface area contributed by atoms with Crippen LogP contribution in [0.15, 0.2) is 49.1 Å². The van der Waals surface area contributed by atoms with Gasteiger partial charge in [0, 0.05) is 51.1 Å². The van der Waals surface area contributed by atoms with Gasteiger partial charge < -0.3 is 9.64 Å². The maximum atomic E-state index is 11.5. The summed E-state index contributed by atoms with van der Waals surface area (Å²) in [6.07, 6.45) is 3.81. The predicted molar refractivity (Wildman–Crippen MR) is 104 cm³/mol. The minimum Gasteiger partial charge on any atom is -0.473 e. The van der Waals surface area contributed by atoms with Gasteiger partial charge in [-0.1, -0.05) is 24.3 Å². The molecule has 1 aromatic heterocycles. The van der Waals surface area contributed by atoms with E-state index < -0.39 is 0 Å². The lowest BCUT2D eigenvalue weighted by Crippen LogP contribution is -2.50. The molecule has 138 valence electrons. The summed E-state index contributed by atoms with van der Waals surface area (Å²) in [4.78, 5) is 20.4. The van der Waals surface area contributed by atoms with E-state index in [1.807, 2.05) is 41.3 Å². The molecule has 1 aliphatic heterocycles. The largest absolute Gasteiger partial charge is 0.473 e. The number of nitrogens with zero attached hydrogens (tertiary/aromatic N) is 3. The van der Waals surface area contributed by atoms with Crippen LogP contribution in [0, 0.1) is 0 Å². The molecule has 1 aromatic carbocycles. The SMILES string of the molecule is C=CCC[C@@H](CN1CCN(C(C)=O)CC1)Oc1ccc2ccccc2n1. The standard InChI is InChI=1S/C21H27N3O2/c1-3-4-8-19(16-23-12-14-24(15-13-23)17(2)25)26-21-11-10-18-7-5-6-9-20(18)22-21/h3,5-7,9-11,19H,1,4,8,12-16H2,2H3/t19-/m0/s1. The number of fused-ring (bicyclic) bond motifs is 1. The van der Waals surface area contributed by atoms with Crippen LogP contribution >= 0.6 is 0 Å². The van der Waals surface area contributed by atoms with Gasteiger partial charge in [-0.15, -0.1) is 6.58 Å². The third-order valence-corrected chi connectivity index (χ3v) is 4.83. The average molecular weight is 353 g/mol. The van der Waals surface area contributed by atoms with Crippen LogP contribution in [0.4, 0.5) is 0 Å². The van der Waals surface area contributed by atoms with Gasteiger partial charge in [-0.2, -0.15) is 0 Å². The fourth-order valence-electron chi connectivity index (χ4n) is 3.31. The molecule has 5 nitrogen and oxygen atoms in total. The van der Waals surface area contributed by atoms with E-state index in [4.69, 9.17) is 4.74 Å². The van der Waals surface area contributed by atoms with E-state index in [2.05, 4.69) is 22.5 Å². The fraction of sp³-hybridized carbons (Fsp3) is 0.429. The highest BCUT2D eigenvalue weighted by molar-refractivity contribution is 5.78. The number of amides is 1. The van der Waals surface area contributed by atoms with Crippen molar-refractivity contribution in [1.82, 2.24) is 14.8 Å². The normalized spacial score (nSPS) is 16.4. The highest BCUT2D eigenvalue weighted by Crippen LogP contribution is 2.19. The van der Waals surface area contributed by atoms with Crippen molar-refractivity contribution in [2.75, 3.05) is 32.7 Å². The molecule has 1 fully saturated rings. The van der Waals surface area contributed by atoms with Gasteiger partial charge in [-0.3, -0.25) is 9.69 Å². The molecule has 1 atom stereocenters. The summed E-state index contributed by atoms with van der Waals surface area (Å²) in [6, 6.07) is 12.0. The lowest BCUT2D eigenvalue weighted by molar-refractivity contribution is -0.130. The van der Waals surface area contributed by atoms with Crippen molar-refractivity contribution in [3.05, 3.63) is 49.1 Å². The van der Waals surface area contributed by atoms with Crippen LogP contribution in [0.5, 0.6) is 5.88 Å². The van der Waals surface area contributed by atoms with Crippen LogP contribution in [-0.2, 0) is 4.79 Å². The lowest BCUT2D eigenvalue weighted by Gasteiger charge is -2.35. The van der Waals surface area contributed by atoms with E-state index in [9.17, 15) is 4.79 Å². The topological polar surface area (TPSA) is 45.7 Å². The quantitative estimate of drug-likeness (QED) is 0.718. The van der Waals surface area contributed by atoms with E-state index in [0.29, 0.717) is 5.88 Å². The number of pyridine rings is 1. The van der Waals surface area contributed by atoms with Gasteiger partial charge in [0.15, 0.2) is 0 Å². The molecule has 1 amide bonds. The van der Waals surface area contributed by atoms with Crippen molar-refractivity contribution in [2.24, 2.45) is 0 Å².